The maximum absolute atomic E-state index is 10.9. The zero-order chi connectivity index (χ0) is 12.3. The third-order valence-corrected chi connectivity index (χ3v) is 2.73. The van der Waals surface area contributed by atoms with Gasteiger partial charge in [0.15, 0.2) is 5.75 Å². The first-order valence-electron chi connectivity index (χ1n) is 4.85. The molecule has 0 saturated carbocycles. The van der Waals surface area contributed by atoms with Gasteiger partial charge in [0.2, 0.25) is 0 Å². The summed E-state index contributed by atoms with van der Waals surface area (Å²) in [6, 6.07) is 16.1. The number of benzene rings is 2. The van der Waals surface area contributed by atoms with Crippen LogP contribution in [0.5, 0.6) is 5.75 Å². The average Bonchev–Trinajstić information content (AvgIpc) is 2.29. The number of hydrogen-bond donors (Lipinski definition) is 0. The van der Waals surface area contributed by atoms with Crippen LogP contribution in [0.25, 0.3) is 11.1 Å². The smallest absolute Gasteiger partial charge is 0.370 e. The lowest BCUT2D eigenvalue weighted by Gasteiger charge is -2.08. The summed E-state index contributed by atoms with van der Waals surface area (Å²) in [5.41, 5.74) is 1.54. The number of hydrogen-bond acceptors (Lipinski definition) is 3. The fourth-order valence-electron chi connectivity index (χ4n) is 1.50. The van der Waals surface area contributed by atoms with E-state index in [2.05, 4.69) is 0 Å². The number of rotatable bonds is 3. The van der Waals surface area contributed by atoms with E-state index in [4.69, 9.17) is 14.9 Å². The summed E-state index contributed by atoms with van der Waals surface area (Å²) in [6.45, 7) is 0. The number of para-hydroxylation sites is 1. The average molecular weight is 269 g/mol. The van der Waals surface area contributed by atoms with E-state index in [1.807, 2.05) is 30.3 Å². The van der Waals surface area contributed by atoms with E-state index in [0.717, 1.165) is 5.56 Å². The summed E-state index contributed by atoms with van der Waals surface area (Å²) in [7, 11) is 1.04. The molecule has 0 aromatic heterocycles. The van der Waals surface area contributed by atoms with Crippen LogP contribution in [-0.2, 0) is 9.33 Å². The van der Waals surface area contributed by atoms with Gasteiger partial charge in [0, 0.05) is 5.56 Å². The summed E-state index contributed by atoms with van der Waals surface area (Å²) in [5, 5.41) is 0. The second-order valence-corrected chi connectivity index (χ2v) is 5.43. The van der Waals surface area contributed by atoms with Crippen molar-refractivity contribution in [3.8, 4) is 16.9 Å². The van der Waals surface area contributed by atoms with E-state index >= 15 is 0 Å². The van der Waals surface area contributed by atoms with Crippen molar-refractivity contribution in [3.63, 3.8) is 0 Å². The third-order valence-electron chi connectivity index (χ3n) is 2.16. The molecular weight excluding hydrogens is 260 g/mol. The number of halogens is 1. The third kappa shape index (κ3) is 3.22. The van der Waals surface area contributed by atoms with Gasteiger partial charge in [-0.15, -0.1) is 0 Å². The van der Waals surface area contributed by atoms with Crippen molar-refractivity contribution < 1.29 is 12.6 Å². The zero-order valence-electron chi connectivity index (χ0n) is 8.71. The second-order valence-electron chi connectivity index (χ2n) is 3.34. The van der Waals surface area contributed by atoms with Gasteiger partial charge in [-0.05, 0) is 11.6 Å². The summed E-state index contributed by atoms with van der Waals surface area (Å²) in [4.78, 5) is 0. The summed E-state index contributed by atoms with van der Waals surface area (Å²) < 4.78 is 26.6. The molecule has 0 aliphatic rings. The van der Waals surface area contributed by atoms with Crippen LogP contribution in [0.4, 0.5) is 0 Å². The Kier molecular flexibility index (Phi) is 3.36. The quantitative estimate of drug-likeness (QED) is 0.803. The molecule has 0 unspecified atom stereocenters. The summed E-state index contributed by atoms with van der Waals surface area (Å²) >= 11 is 0. The van der Waals surface area contributed by atoms with Crippen molar-refractivity contribution >= 4 is 20.0 Å². The lowest BCUT2D eigenvalue weighted by molar-refractivity contribution is 0.504. The minimum atomic E-state index is -4.04. The molecule has 3 nitrogen and oxygen atoms in total. The largest absolute Gasteiger partial charge is 0.401 e. The molecule has 0 fully saturated rings. The van der Waals surface area contributed by atoms with Crippen LogP contribution in [0.3, 0.4) is 0 Å². The maximum Gasteiger partial charge on any atom is 0.401 e. The van der Waals surface area contributed by atoms with Gasteiger partial charge in [0.05, 0.1) is 10.7 Å². The lowest BCUT2D eigenvalue weighted by Crippen LogP contribution is -2.01. The molecule has 0 spiro atoms. The Morgan fingerprint density at radius 1 is 0.882 bits per heavy atom. The molecule has 2 rings (SSSR count). The first-order chi connectivity index (χ1) is 8.06. The van der Waals surface area contributed by atoms with Crippen LogP contribution < -0.4 is 4.18 Å². The predicted molar refractivity (Wildman–Crippen MR) is 67.3 cm³/mol. The highest BCUT2D eigenvalue weighted by molar-refractivity contribution is 8.10. The van der Waals surface area contributed by atoms with Crippen LogP contribution in [0.2, 0.25) is 0 Å². The highest BCUT2D eigenvalue weighted by atomic mass is 35.7. The van der Waals surface area contributed by atoms with E-state index < -0.39 is 9.33 Å². The SMILES string of the molecule is O=S(=O)(Cl)Oc1ccccc1-c1ccccc1. The molecule has 0 aliphatic heterocycles. The van der Waals surface area contributed by atoms with Crippen LogP contribution in [0.1, 0.15) is 0 Å². The van der Waals surface area contributed by atoms with Crippen molar-refractivity contribution in [2.45, 2.75) is 0 Å². The van der Waals surface area contributed by atoms with Crippen molar-refractivity contribution in [2.24, 2.45) is 0 Å². The zero-order valence-corrected chi connectivity index (χ0v) is 10.3. The Hall–Kier alpha value is -1.52. The molecule has 0 amide bonds. The molecule has 2 aromatic rings. The van der Waals surface area contributed by atoms with Gasteiger partial charge >= 0.3 is 9.33 Å². The van der Waals surface area contributed by atoms with E-state index in [1.54, 1.807) is 24.3 Å². The summed E-state index contributed by atoms with van der Waals surface area (Å²) in [5.74, 6) is 0.216. The van der Waals surface area contributed by atoms with Crippen molar-refractivity contribution in [1.82, 2.24) is 0 Å². The fraction of sp³-hybridized carbons (Fsp3) is 0. The molecule has 88 valence electrons. The van der Waals surface area contributed by atoms with Crippen molar-refractivity contribution in [3.05, 3.63) is 54.6 Å². The monoisotopic (exact) mass is 268 g/mol. The van der Waals surface area contributed by atoms with Gasteiger partial charge < -0.3 is 4.18 Å². The Morgan fingerprint density at radius 2 is 1.47 bits per heavy atom. The van der Waals surface area contributed by atoms with Gasteiger partial charge in [-0.25, -0.2) is 0 Å². The summed E-state index contributed by atoms with van der Waals surface area (Å²) in [6.07, 6.45) is 0. The molecule has 0 bridgehead atoms. The highest BCUT2D eigenvalue weighted by Gasteiger charge is 2.12. The lowest BCUT2D eigenvalue weighted by atomic mass is 10.1. The Bertz CT molecular complexity index is 609. The Labute approximate surface area is 104 Å². The van der Waals surface area contributed by atoms with Crippen LogP contribution >= 0.6 is 10.7 Å². The molecule has 0 aliphatic carbocycles. The van der Waals surface area contributed by atoms with E-state index in [9.17, 15) is 8.42 Å². The Balaban J connectivity index is 2.49. The maximum atomic E-state index is 10.9. The van der Waals surface area contributed by atoms with Gasteiger partial charge in [-0.2, -0.15) is 8.42 Å². The van der Waals surface area contributed by atoms with E-state index in [0.29, 0.717) is 5.56 Å². The van der Waals surface area contributed by atoms with E-state index in [1.165, 1.54) is 0 Å². The molecule has 0 heterocycles. The molecule has 2 aromatic carbocycles. The Morgan fingerprint density at radius 3 is 2.12 bits per heavy atom. The fourth-order valence-corrected chi connectivity index (χ4v) is 2.07. The standard InChI is InChI=1S/C12H9ClO3S/c13-17(14,15)16-12-9-5-4-8-11(12)10-6-2-1-3-7-10/h1-9H. The second kappa shape index (κ2) is 4.77. The topological polar surface area (TPSA) is 43.4 Å². The van der Waals surface area contributed by atoms with Gasteiger partial charge in [0.1, 0.15) is 0 Å². The molecule has 0 saturated heterocycles. The van der Waals surface area contributed by atoms with Crippen LogP contribution in [-0.4, -0.2) is 8.42 Å². The minimum Gasteiger partial charge on any atom is -0.370 e. The molecule has 0 radical (unpaired) electrons. The van der Waals surface area contributed by atoms with E-state index in [-0.39, 0.29) is 5.75 Å². The molecule has 5 heteroatoms. The van der Waals surface area contributed by atoms with Crippen LogP contribution in [0.15, 0.2) is 54.6 Å². The van der Waals surface area contributed by atoms with Crippen molar-refractivity contribution in [1.29, 1.82) is 0 Å². The van der Waals surface area contributed by atoms with Gasteiger partial charge in [0.25, 0.3) is 0 Å². The molecular formula is C12H9ClO3S. The predicted octanol–water partition coefficient (Wildman–Crippen LogP) is 3.22. The molecule has 0 atom stereocenters. The van der Waals surface area contributed by atoms with Crippen LogP contribution in [0, 0.1) is 0 Å². The molecule has 0 N–H and O–H groups in total. The highest BCUT2D eigenvalue weighted by Crippen LogP contribution is 2.30. The van der Waals surface area contributed by atoms with Crippen molar-refractivity contribution in [2.75, 3.05) is 0 Å². The first kappa shape index (κ1) is 12.0. The normalized spacial score (nSPS) is 11.1. The van der Waals surface area contributed by atoms with Gasteiger partial charge in [-0.1, -0.05) is 48.5 Å². The van der Waals surface area contributed by atoms with Gasteiger partial charge in [-0.3, -0.25) is 0 Å². The molecule has 17 heavy (non-hydrogen) atoms. The first-order valence-corrected chi connectivity index (χ1v) is 7.08. The minimum absolute atomic E-state index is 0.216.